The molecule has 0 aliphatic carbocycles. The zero-order valence-electron chi connectivity index (χ0n) is 14.2. The van der Waals surface area contributed by atoms with E-state index in [4.69, 9.17) is 17.3 Å². The molecule has 26 heavy (non-hydrogen) atoms. The van der Waals surface area contributed by atoms with Gasteiger partial charge in [0.2, 0.25) is 0 Å². The fourth-order valence-electron chi connectivity index (χ4n) is 2.72. The summed E-state index contributed by atoms with van der Waals surface area (Å²) in [6, 6.07) is 8.54. The smallest absolute Gasteiger partial charge is 0.323 e. The van der Waals surface area contributed by atoms with E-state index < -0.39 is 6.03 Å². The summed E-state index contributed by atoms with van der Waals surface area (Å²) in [5.41, 5.74) is 7.49. The number of nitrogen functional groups attached to an aromatic ring is 1. The van der Waals surface area contributed by atoms with E-state index in [0.29, 0.717) is 27.6 Å². The van der Waals surface area contributed by atoms with Crippen LogP contribution in [0, 0.1) is 0 Å². The largest absolute Gasteiger partial charge is 0.399 e. The normalized spacial score (nSPS) is 13.2. The van der Waals surface area contributed by atoms with Crippen LogP contribution >= 0.6 is 11.6 Å². The Morgan fingerprint density at radius 3 is 2.38 bits per heavy atom. The highest BCUT2D eigenvalue weighted by Crippen LogP contribution is 2.28. The van der Waals surface area contributed by atoms with Crippen molar-refractivity contribution < 1.29 is 14.4 Å². The van der Waals surface area contributed by atoms with Crippen molar-refractivity contribution in [1.29, 1.82) is 0 Å². The van der Waals surface area contributed by atoms with Gasteiger partial charge in [0.05, 0.1) is 21.8 Å². The third kappa shape index (κ3) is 3.21. The number of hydrogen-bond acceptors (Lipinski definition) is 4. The van der Waals surface area contributed by atoms with E-state index in [1.165, 1.54) is 23.1 Å². The molecule has 4 amide bonds. The Morgan fingerprint density at radius 1 is 1.04 bits per heavy atom. The lowest BCUT2D eigenvalue weighted by Gasteiger charge is -2.17. The van der Waals surface area contributed by atoms with Gasteiger partial charge in [-0.25, -0.2) is 4.79 Å². The number of nitrogens with two attached hydrogens (primary N) is 1. The molecule has 1 heterocycles. The number of fused-ring (bicyclic) bond motifs is 1. The number of carbonyl (C=O) groups excluding carboxylic acids is 3. The molecule has 8 heteroatoms. The number of carbonyl (C=O) groups is 3. The highest BCUT2D eigenvalue weighted by Gasteiger charge is 2.37. The minimum absolute atomic E-state index is 0.241. The van der Waals surface area contributed by atoms with Crippen molar-refractivity contribution >= 4 is 46.5 Å². The third-order valence-electron chi connectivity index (χ3n) is 3.93. The van der Waals surface area contributed by atoms with Crippen molar-refractivity contribution in [2.45, 2.75) is 19.9 Å². The molecule has 7 nitrogen and oxygen atoms in total. The number of benzene rings is 2. The average molecular weight is 373 g/mol. The highest BCUT2D eigenvalue weighted by atomic mass is 35.5. The Kier molecular flexibility index (Phi) is 4.56. The van der Waals surface area contributed by atoms with Crippen molar-refractivity contribution in [3.63, 3.8) is 0 Å². The van der Waals surface area contributed by atoms with Crippen molar-refractivity contribution in [1.82, 2.24) is 4.90 Å². The lowest BCUT2D eigenvalue weighted by Crippen LogP contribution is -2.35. The van der Waals surface area contributed by atoms with Crippen molar-refractivity contribution in [2.24, 2.45) is 0 Å². The quantitative estimate of drug-likeness (QED) is 0.565. The number of hydrogen-bond donors (Lipinski definition) is 3. The summed E-state index contributed by atoms with van der Waals surface area (Å²) in [5, 5.41) is 5.53. The van der Waals surface area contributed by atoms with Crippen molar-refractivity contribution in [2.75, 3.05) is 16.4 Å². The first kappa shape index (κ1) is 17.8. The molecule has 134 valence electrons. The third-order valence-corrected chi connectivity index (χ3v) is 4.25. The minimum atomic E-state index is -0.533. The van der Waals surface area contributed by atoms with E-state index in [1.807, 2.05) is 0 Å². The maximum absolute atomic E-state index is 12.4. The standard InChI is InChI=1S/C18H17ClN4O3/c1-9(2)23-16(24)12-5-4-11(8-13(12)17(23)25)21-18(26)22-15-6-3-10(20)7-14(15)19/h3-9H,20H2,1-2H3,(H2,21,22,26). The number of anilines is 3. The summed E-state index contributed by atoms with van der Waals surface area (Å²) in [6.45, 7) is 3.54. The van der Waals surface area contributed by atoms with Gasteiger partial charge in [-0.1, -0.05) is 11.6 Å². The van der Waals surface area contributed by atoms with Gasteiger partial charge in [0.25, 0.3) is 11.8 Å². The topological polar surface area (TPSA) is 105 Å². The summed E-state index contributed by atoms with van der Waals surface area (Å²) in [7, 11) is 0. The van der Waals surface area contributed by atoms with Gasteiger partial charge in [-0.2, -0.15) is 0 Å². The van der Waals surface area contributed by atoms with E-state index in [9.17, 15) is 14.4 Å². The minimum Gasteiger partial charge on any atom is -0.399 e. The molecule has 2 aromatic carbocycles. The second-order valence-corrected chi connectivity index (χ2v) is 6.56. The maximum atomic E-state index is 12.4. The Morgan fingerprint density at radius 2 is 1.73 bits per heavy atom. The first-order valence-electron chi connectivity index (χ1n) is 7.93. The van der Waals surface area contributed by atoms with Crippen LogP contribution in [0.4, 0.5) is 21.9 Å². The fourth-order valence-corrected chi connectivity index (χ4v) is 2.96. The lowest BCUT2D eigenvalue weighted by atomic mass is 10.1. The molecule has 0 spiro atoms. The fraction of sp³-hybridized carbons (Fsp3) is 0.167. The predicted octanol–water partition coefficient (Wildman–Crippen LogP) is 3.57. The van der Waals surface area contributed by atoms with E-state index in [2.05, 4.69) is 10.6 Å². The molecule has 0 fully saturated rings. The van der Waals surface area contributed by atoms with Crippen LogP contribution < -0.4 is 16.4 Å². The molecule has 1 aliphatic heterocycles. The Balaban J connectivity index is 1.77. The van der Waals surface area contributed by atoms with E-state index >= 15 is 0 Å². The van der Waals surface area contributed by atoms with Crippen LogP contribution in [-0.4, -0.2) is 28.8 Å². The molecule has 1 aliphatic rings. The average Bonchev–Trinajstić information content (AvgIpc) is 2.81. The molecule has 4 N–H and O–H groups in total. The Labute approximate surface area is 155 Å². The number of rotatable bonds is 3. The van der Waals surface area contributed by atoms with Gasteiger partial charge >= 0.3 is 6.03 Å². The summed E-state index contributed by atoms with van der Waals surface area (Å²) in [4.78, 5) is 38.0. The van der Waals surface area contributed by atoms with E-state index in [0.717, 1.165) is 0 Å². The summed E-state index contributed by atoms with van der Waals surface area (Å²) in [5.74, 6) is -0.699. The van der Waals surface area contributed by atoms with Crippen LogP contribution in [0.15, 0.2) is 36.4 Å². The summed E-state index contributed by atoms with van der Waals surface area (Å²) < 4.78 is 0. The number of nitrogens with one attached hydrogen (secondary N) is 2. The van der Waals surface area contributed by atoms with Crippen molar-refractivity contribution in [3.05, 3.63) is 52.5 Å². The number of urea groups is 1. The van der Waals surface area contributed by atoms with Gasteiger partial charge in [-0.05, 0) is 50.2 Å². The van der Waals surface area contributed by atoms with Crippen LogP contribution in [0.3, 0.4) is 0 Å². The van der Waals surface area contributed by atoms with Crippen LogP contribution in [0.1, 0.15) is 34.6 Å². The molecule has 3 rings (SSSR count). The van der Waals surface area contributed by atoms with Gasteiger partial charge in [-0.15, -0.1) is 0 Å². The van der Waals surface area contributed by atoms with Crippen LogP contribution in [-0.2, 0) is 0 Å². The van der Waals surface area contributed by atoms with Gasteiger partial charge in [0.1, 0.15) is 0 Å². The van der Waals surface area contributed by atoms with Gasteiger partial charge in [0, 0.05) is 17.4 Å². The van der Waals surface area contributed by atoms with Gasteiger partial charge < -0.3 is 16.4 Å². The molecule has 0 atom stereocenters. The SMILES string of the molecule is CC(C)N1C(=O)c2ccc(NC(=O)Nc3ccc(N)cc3Cl)cc2C1=O. The van der Waals surface area contributed by atoms with Crippen molar-refractivity contribution in [3.8, 4) is 0 Å². The monoisotopic (exact) mass is 372 g/mol. The van der Waals surface area contributed by atoms with Crippen LogP contribution in [0.25, 0.3) is 0 Å². The Hall–Kier alpha value is -3.06. The number of imide groups is 1. The summed E-state index contributed by atoms with van der Waals surface area (Å²) in [6.07, 6.45) is 0. The second kappa shape index (κ2) is 6.68. The Bertz CT molecular complexity index is 927. The van der Waals surface area contributed by atoms with Gasteiger partial charge in [-0.3, -0.25) is 14.5 Å². The zero-order chi connectivity index (χ0) is 19.0. The molecule has 0 bridgehead atoms. The molecule has 0 radical (unpaired) electrons. The van der Waals surface area contributed by atoms with Crippen LogP contribution in [0.5, 0.6) is 0 Å². The van der Waals surface area contributed by atoms with E-state index in [1.54, 1.807) is 32.0 Å². The maximum Gasteiger partial charge on any atom is 0.323 e. The first-order valence-corrected chi connectivity index (χ1v) is 8.30. The second-order valence-electron chi connectivity index (χ2n) is 6.15. The molecular weight excluding hydrogens is 356 g/mol. The highest BCUT2D eigenvalue weighted by molar-refractivity contribution is 6.34. The predicted molar refractivity (Wildman–Crippen MR) is 101 cm³/mol. The molecule has 0 saturated carbocycles. The number of halogens is 1. The molecular formula is C18H17ClN4O3. The lowest BCUT2D eigenvalue weighted by molar-refractivity contribution is 0.0609. The first-order chi connectivity index (χ1) is 12.3. The number of amides is 4. The molecule has 0 saturated heterocycles. The molecule has 0 aromatic heterocycles. The van der Waals surface area contributed by atoms with Gasteiger partial charge in [0.15, 0.2) is 0 Å². The molecule has 2 aromatic rings. The van der Waals surface area contributed by atoms with E-state index in [-0.39, 0.29) is 23.4 Å². The zero-order valence-corrected chi connectivity index (χ0v) is 14.9. The van der Waals surface area contributed by atoms with Crippen LogP contribution in [0.2, 0.25) is 5.02 Å². The number of nitrogens with zero attached hydrogens (tertiary/aromatic N) is 1. The summed E-state index contributed by atoms with van der Waals surface area (Å²) >= 11 is 6.02. The molecule has 0 unspecified atom stereocenters.